The van der Waals surface area contributed by atoms with Crippen LogP contribution in [0, 0.1) is 0 Å². The van der Waals surface area contributed by atoms with Crippen LogP contribution in [0.1, 0.15) is 25.0 Å². The maximum absolute atomic E-state index is 10.6. The molecule has 3 aliphatic rings. The van der Waals surface area contributed by atoms with Crippen molar-refractivity contribution < 1.29 is 19.3 Å². The molecule has 1 aromatic carbocycles. The zero-order chi connectivity index (χ0) is 17.4. The topological polar surface area (TPSA) is 54.4 Å². The Labute approximate surface area is 149 Å². The molecule has 0 amide bonds. The molecule has 0 bridgehead atoms. The molecule has 0 aromatic heterocycles. The van der Waals surface area contributed by atoms with Crippen LogP contribution in [0.5, 0.6) is 11.5 Å². The Morgan fingerprint density at radius 2 is 1.68 bits per heavy atom. The number of rotatable bonds is 3. The molecule has 3 heterocycles. The summed E-state index contributed by atoms with van der Waals surface area (Å²) in [6, 6.07) is 3.94. The average Bonchev–Trinajstić information content (AvgIpc) is 2.88. The van der Waals surface area contributed by atoms with Crippen LogP contribution in [0.15, 0.2) is 12.1 Å². The molecule has 138 valence electrons. The minimum Gasteiger partial charge on any atom is -0.508 e. The number of morpholine rings is 2. The molecular weight excluding hydrogens is 320 g/mol. The van der Waals surface area contributed by atoms with Crippen LogP contribution in [0.25, 0.3) is 0 Å². The van der Waals surface area contributed by atoms with Gasteiger partial charge in [0.2, 0.25) is 0 Å². The molecule has 0 saturated carbocycles. The fourth-order valence-electron chi connectivity index (χ4n) is 4.08. The van der Waals surface area contributed by atoms with Crippen molar-refractivity contribution in [3.8, 4) is 11.5 Å². The van der Waals surface area contributed by atoms with Gasteiger partial charge in [0, 0.05) is 49.3 Å². The van der Waals surface area contributed by atoms with Gasteiger partial charge in [0.15, 0.2) is 6.23 Å². The quantitative estimate of drug-likeness (QED) is 0.895. The van der Waals surface area contributed by atoms with Gasteiger partial charge in [0.05, 0.1) is 26.4 Å². The van der Waals surface area contributed by atoms with Gasteiger partial charge < -0.3 is 19.3 Å². The summed E-state index contributed by atoms with van der Waals surface area (Å²) in [5.74, 6) is 1.27. The molecule has 1 unspecified atom stereocenters. The van der Waals surface area contributed by atoms with Crippen molar-refractivity contribution in [3.63, 3.8) is 0 Å². The summed E-state index contributed by atoms with van der Waals surface area (Å²) >= 11 is 0. The predicted octanol–water partition coefficient (Wildman–Crippen LogP) is 1.55. The van der Waals surface area contributed by atoms with Crippen molar-refractivity contribution in [1.82, 2.24) is 9.80 Å². The van der Waals surface area contributed by atoms with Crippen LogP contribution in [0.2, 0.25) is 0 Å². The van der Waals surface area contributed by atoms with Crippen molar-refractivity contribution in [2.75, 3.05) is 52.6 Å². The van der Waals surface area contributed by atoms with Crippen LogP contribution in [0.3, 0.4) is 0 Å². The third-order valence-corrected chi connectivity index (χ3v) is 5.61. The Bertz CT molecular complexity index is 622. The standard InChI is InChI=1S/C19H28N2O4/c1-19(2)15-12-16(22)14(13-20-3-7-23-8-4-20)11-17(15)25-18(19)21-5-9-24-10-6-21/h11-12,18,22H,3-10,13H2,1-2H3. The zero-order valence-corrected chi connectivity index (χ0v) is 15.2. The van der Waals surface area contributed by atoms with E-state index in [9.17, 15) is 5.11 Å². The maximum atomic E-state index is 10.6. The second-order valence-corrected chi connectivity index (χ2v) is 7.71. The van der Waals surface area contributed by atoms with E-state index in [0.29, 0.717) is 5.75 Å². The number of ether oxygens (including phenoxy) is 3. The molecule has 0 spiro atoms. The summed E-state index contributed by atoms with van der Waals surface area (Å²) in [4.78, 5) is 4.66. The van der Waals surface area contributed by atoms with Gasteiger partial charge in [0.1, 0.15) is 11.5 Å². The molecule has 1 atom stereocenters. The first-order chi connectivity index (χ1) is 12.1. The van der Waals surface area contributed by atoms with Gasteiger partial charge in [-0.05, 0) is 12.1 Å². The molecule has 0 radical (unpaired) electrons. The number of phenols is 1. The summed E-state index contributed by atoms with van der Waals surface area (Å²) in [6.45, 7) is 11.7. The van der Waals surface area contributed by atoms with Gasteiger partial charge >= 0.3 is 0 Å². The highest BCUT2D eigenvalue weighted by Crippen LogP contribution is 2.46. The van der Waals surface area contributed by atoms with Gasteiger partial charge in [-0.3, -0.25) is 9.80 Å². The van der Waals surface area contributed by atoms with E-state index < -0.39 is 0 Å². The fourth-order valence-corrected chi connectivity index (χ4v) is 4.08. The Hall–Kier alpha value is -1.34. The van der Waals surface area contributed by atoms with E-state index in [-0.39, 0.29) is 11.6 Å². The maximum Gasteiger partial charge on any atom is 0.162 e. The molecule has 6 heteroatoms. The van der Waals surface area contributed by atoms with Crippen LogP contribution < -0.4 is 4.74 Å². The Balaban J connectivity index is 1.57. The smallest absolute Gasteiger partial charge is 0.162 e. The number of benzene rings is 1. The van der Waals surface area contributed by atoms with Gasteiger partial charge in [-0.2, -0.15) is 0 Å². The Morgan fingerprint density at radius 3 is 2.36 bits per heavy atom. The lowest BCUT2D eigenvalue weighted by molar-refractivity contribution is -0.0613. The monoisotopic (exact) mass is 348 g/mol. The van der Waals surface area contributed by atoms with Gasteiger partial charge in [-0.15, -0.1) is 0 Å². The first kappa shape index (κ1) is 17.1. The summed E-state index contributed by atoms with van der Waals surface area (Å²) in [7, 11) is 0. The van der Waals surface area contributed by atoms with Crippen LogP contribution >= 0.6 is 0 Å². The highest BCUT2D eigenvalue weighted by molar-refractivity contribution is 5.52. The van der Waals surface area contributed by atoms with Crippen molar-refractivity contribution in [2.24, 2.45) is 0 Å². The van der Waals surface area contributed by atoms with Crippen molar-refractivity contribution in [1.29, 1.82) is 0 Å². The highest BCUT2D eigenvalue weighted by Gasteiger charge is 2.45. The van der Waals surface area contributed by atoms with E-state index in [0.717, 1.165) is 76.0 Å². The zero-order valence-electron chi connectivity index (χ0n) is 15.2. The van der Waals surface area contributed by atoms with E-state index >= 15 is 0 Å². The molecular formula is C19H28N2O4. The molecule has 0 aliphatic carbocycles. The number of hydrogen-bond donors (Lipinski definition) is 1. The predicted molar refractivity (Wildman–Crippen MR) is 94.0 cm³/mol. The van der Waals surface area contributed by atoms with Gasteiger partial charge in [-0.1, -0.05) is 13.8 Å². The molecule has 2 saturated heterocycles. The van der Waals surface area contributed by atoms with Gasteiger partial charge in [0.25, 0.3) is 0 Å². The van der Waals surface area contributed by atoms with E-state index in [1.165, 1.54) is 0 Å². The van der Waals surface area contributed by atoms with Crippen LogP contribution in [-0.2, 0) is 21.4 Å². The number of fused-ring (bicyclic) bond motifs is 1. The molecule has 1 N–H and O–H groups in total. The number of aromatic hydroxyl groups is 1. The largest absolute Gasteiger partial charge is 0.508 e. The minimum absolute atomic E-state index is 0.00978. The molecule has 2 fully saturated rings. The second-order valence-electron chi connectivity index (χ2n) is 7.71. The third kappa shape index (κ3) is 3.24. The van der Waals surface area contributed by atoms with E-state index in [1.54, 1.807) is 0 Å². The van der Waals surface area contributed by atoms with Crippen molar-refractivity contribution in [2.45, 2.75) is 32.0 Å². The molecule has 6 nitrogen and oxygen atoms in total. The number of phenolic OH excluding ortho intramolecular Hbond substituents is 1. The normalized spacial score (nSPS) is 27.0. The first-order valence-corrected chi connectivity index (χ1v) is 9.20. The number of nitrogens with zero attached hydrogens (tertiary/aromatic N) is 2. The molecule has 25 heavy (non-hydrogen) atoms. The summed E-state index contributed by atoms with van der Waals surface area (Å²) < 4.78 is 17.2. The van der Waals surface area contributed by atoms with E-state index in [2.05, 4.69) is 23.6 Å². The molecule has 1 aromatic rings. The van der Waals surface area contributed by atoms with E-state index in [1.807, 2.05) is 12.1 Å². The Kier molecular flexibility index (Phi) is 4.62. The summed E-state index contributed by atoms with van der Waals surface area (Å²) in [6.07, 6.45) is -0.00978. The van der Waals surface area contributed by atoms with E-state index in [4.69, 9.17) is 14.2 Å². The van der Waals surface area contributed by atoms with Crippen molar-refractivity contribution >= 4 is 0 Å². The number of hydrogen-bond acceptors (Lipinski definition) is 6. The Morgan fingerprint density at radius 1 is 1.04 bits per heavy atom. The SMILES string of the molecule is CC1(C)c2cc(O)c(CN3CCOCC3)cc2OC1N1CCOCC1. The fraction of sp³-hybridized carbons (Fsp3) is 0.684. The highest BCUT2D eigenvalue weighted by atomic mass is 16.5. The third-order valence-electron chi connectivity index (χ3n) is 5.61. The van der Waals surface area contributed by atoms with Crippen molar-refractivity contribution in [3.05, 3.63) is 23.3 Å². The second kappa shape index (κ2) is 6.76. The minimum atomic E-state index is -0.165. The van der Waals surface area contributed by atoms with Gasteiger partial charge in [-0.25, -0.2) is 0 Å². The average molecular weight is 348 g/mol. The van der Waals surface area contributed by atoms with Crippen LogP contribution in [0.4, 0.5) is 0 Å². The molecule has 4 rings (SSSR count). The lowest BCUT2D eigenvalue weighted by Crippen LogP contribution is -2.52. The first-order valence-electron chi connectivity index (χ1n) is 9.20. The lowest BCUT2D eigenvalue weighted by atomic mass is 9.83. The van der Waals surface area contributed by atoms with Crippen LogP contribution in [-0.4, -0.2) is 73.7 Å². The summed E-state index contributed by atoms with van der Waals surface area (Å²) in [5.41, 5.74) is 1.85. The molecule has 3 aliphatic heterocycles. The summed E-state index contributed by atoms with van der Waals surface area (Å²) in [5, 5.41) is 10.6. The lowest BCUT2D eigenvalue weighted by Gasteiger charge is -2.38.